The molecule has 0 radical (unpaired) electrons. The van der Waals surface area contributed by atoms with Crippen molar-refractivity contribution in [1.82, 2.24) is 14.6 Å². The van der Waals surface area contributed by atoms with E-state index in [1.165, 1.54) is 16.4 Å². The molecule has 4 rings (SSSR count). The predicted octanol–water partition coefficient (Wildman–Crippen LogP) is 1.93. The van der Waals surface area contributed by atoms with Gasteiger partial charge in [-0.2, -0.15) is 4.31 Å². The minimum absolute atomic E-state index is 0.105. The maximum absolute atomic E-state index is 13.4. The molecule has 2 heterocycles. The van der Waals surface area contributed by atoms with Gasteiger partial charge in [0, 0.05) is 48.3 Å². The normalized spacial score (nSPS) is 18.8. The van der Waals surface area contributed by atoms with Crippen LogP contribution in [0.5, 0.6) is 0 Å². The molecule has 0 saturated carbocycles. The van der Waals surface area contributed by atoms with E-state index in [-0.39, 0.29) is 29.9 Å². The van der Waals surface area contributed by atoms with Crippen LogP contribution in [-0.4, -0.2) is 55.1 Å². The smallest absolute Gasteiger partial charge is 0.243 e. The number of hydrogen-bond donors (Lipinski definition) is 3. The van der Waals surface area contributed by atoms with E-state index in [4.69, 9.17) is 0 Å². The quantitative estimate of drug-likeness (QED) is 0.637. The summed E-state index contributed by atoms with van der Waals surface area (Å²) in [6.45, 7) is 1.02. The third kappa shape index (κ3) is 3.37. The summed E-state index contributed by atoms with van der Waals surface area (Å²) in [6, 6.07) is 11.0. The molecule has 1 aromatic heterocycles. The third-order valence-electron chi connectivity index (χ3n) is 4.89. The number of aliphatic hydroxyl groups excluding tert-OH is 1. The summed E-state index contributed by atoms with van der Waals surface area (Å²) in [5.74, 6) is -0.311. The number of halogens is 1. The Hall–Kier alpha value is -2.26. The van der Waals surface area contributed by atoms with Crippen molar-refractivity contribution in [2.24, 2.45) is 0 Å². The van der Waals surface area contributed by atoms with Gasteiger partial charge in [0.25, 0.3) is 0 Å². The predicted molar refractivity (Wildman–Crippen MR) is 101 cm³/mol. The van der Waals surface area contributed by atoms with Gasteiger partial charge >= 0.3 is 0 Å². The van der Waals surface area contributed by atoms with Gasteiger partial charge in [-0.15, -0.1) is 0 Å². The highest BCUT2D eigenvalue weighted by Crippen LogP contribution is 2.30. The summed E-state index contributed by atoms with van der Waals surface area (Å²) in [7, 11) is -3.61. The van der Waals surface area contributed by atoms with Crippen molar-refractivity contribution in [3.63, 3.8) is 0 Å². The first-order valence-electron chi connectivity index (χ1n) is 8.70. The van der Waals surface area contributed by atoms with Crippen molar-refractivity contribution in [2.45, 2.75) is 10.9 Å². The summed E-state index contributed by atoms with van der Waals surface area (Å²) in [6.07, 6.45) is 1.79. The topological polar surface area (TPSA) is 85.4 Å². The lowest BCUT2D eigenvalue weighted by atomic mass is 10.1. The Labute approximate surface area is 156 Å². The largest absolute Gasteiger partial charge is 0.395 e. The van der Waals surface area contributed by atoms with Crippen LogP contribution >= 0.6 is 0 Å². The fraction of sp³-hybridized carbons (Fsp3) is 0.263. The number of rotatable bonds is 4. The van der Waals surface area contributed by atoms with Crippen molar-refractivity contribution in [1.29, 1.82) is 0 Å². The van der Waals surface area contributed by atoms with E-state index >= 15 is 0 Å². The van der Waals surface area contributed by atoms with Crippen molar-refractivity contribution in [3.8, 4) is 11.1 Å². The Bertz CT molecular complexity index is 1060. The second kappa shape index (κ2) is 7.05. The molecule has 0 amide bonds. The van der Waals surface area contributed by atoms with Gasteiger partial charge in [-0.25, -0.2) is 12.8 Å². The summed E-state index contributed by atoms with van der Waals surface area (Å²) in [5.41, 5.74) is 2.43. The van der Waals surface area contributed by atoms with Crippen molar-refractivity contribution < 1.29 is 17.9 Å². The fourth-order valence-electron chi connectivity index (χ4n) is 3.43. The van der Waals surface area contributed by atoms with Gasteiger partial charge in [0.15, 0.2) is 0 Å². The number of aromatic nitrogens is 1. The van der Waals surface area contributed by atoms with Gasteiger partial charge in [-0.3, -0.25) is 0 Å². The molecular formula is C19H20FN3O3S. The van der Waals surface area contributed by atoms with Crippen LogP contribution in [0.4, 0.5) is 4.39 Å². The van der Waals surface area contributed by atoms with Crippen LogP contribution in [-0.2, 0) is 10.0 Å². The number of nitrogens with one attached hydrogen (secondary N) is 2. The monoisotopic (exact) mass is 389 g/mol. The highest BCUT2D eigenvalue weighted by molar-refractivity contribution is 7.89. The number of nitrogens with zero attached hydrogens (tertiary/aromatic N) is 1. The Morgan fingerprint density at radius 1 is 1.19 bits per heavy atom. The molecule has 1 atom stereocenters. The Morgan fingerprint density at radius 2 is 1.96 bits per heavy atom. The van der Waals surface area contributed by atoms with E-state index in [0.29, 0.717) is 18.6 Å². The number of piperazine rings is 1. The first-order chi connectivity index (χ1) is 13.0. The molecule has 0 aliphatic carbocycles. The van der Waals surface area contributed by atoms with E-state index in [0.717, 1.165) is 16.5 Å². The standard InChI is InChI=1S/C19H20FN3O3S/c20-14-3-6-17-18(10-22-19(17)9-14)13-1-4-16(5-2-13)27(25,26)23-8-7-21-15(11-23)12-24/h1-6,9-10,15,21-22,24H,7-8,11-12H2/t15-/m1/s1. The average Bonchev–Trinajstić information content (AvgIpc) is 3.11. The van der Waals surface area contributed by atoms with Gasteiger partial charge in [0.2, 0.25) is 10.0 Å². The molecule has 0 spiro atoms. The number of aromatic amines is 1. The van der Waals surface area contributed by atoms with Crippen molar-refractivity contribution in [2.75, 3.05) is 26.2 Å². The Kier molecular flexibility index (Phi) is 4.73. The zero-order chi connectivity index (χ0) is 19.0. The van der Waals surface area contributed by atoms with Crippen molar-refractivity contribution >= 4 is 20.9 Å². The first-order valence-corrected chi connectivity index (χ1v) is 10.1. The lowest BCUT2D eigenvalue weighted by molar-refractivity contribution is 0.195. The highest BCUT2D eigenvalue weighted by atomic mass is 32.2. The van der Waals surface area contributed by atoms with Gasteiger partial charge in [0.1, 0.15) is 5.82 Å². The molecule has 0 bridgehead atoms. The number of benzene rings is 2. The Balaban J connectivity index is 1.63. The molecule has 8 heteroatoms. The van der Waals surface area contributed by atoms with E-state index in [1.54, 1.807) is 36.5 Å². The summed E-state index contributed by atoms with van der Waals surface area (Å²) >= 11 is 0. The molecule has 3 N–H and O–H groups in total. The zero-order valence-corrected chi connectivity index (χ0v) is 15.3. The summed E-state index contributed by atoms with van der Waals surface area (Å²) < 4.78 is 40.5. The van der Waals surface area contributed by atoms with E-state index in [1.807, 2.05) is 0 Å². The lowest BCUT2D eigenvalue weighted by Crippen LogP contribution is -2.53. The lowest BCUT2D eigenvalue weighted by Gasteiger charge is -2.31. The number of aliphatic hydroxyl groups is 1. The molecule has 1 aliphatic heterocycles. The van der Waals surface area contributed by atoms with Gasteiger partial charge < -0.3 is 15.4 Å². The minimum atomic E-state index is -3.61. The minimum Gasteiger partial charge on any atom is -0.395 e. The maximum atomic E-state index is 13.4. The summed E-state index contributed by atoms with van der Waals surface area (Å²) in [5, 5.41) is 13.2. The zero-order valence-electron chi connectivity index (χ0n) is 14.5. The van der Waals surface area contributed by atoms with Crippen LogP contribution in [0.25, 0.3) is 22.0 Å². The first kappa shape index (κ1) is 18.1. The van der Waals surface area contributed by atoms with E-state index in [9.17, 15) is 17.9 Å². The second-order valence-electron chi connectivity index (χ2n) is 6.61. The Morgan fingerprint density at radius 3 is 2.70 bits per heavy atom. The van der Waals surface area contributed by atoms with E-state index in [2.05, 4.69) is 10.3 Å². The number of fused-ring (bicyclic) bond motifs is 1. The third-order valence-corrected chi connectivity index (χ3v) is 6.76. The van der Waals surface area contributed by atoms with Crippen LogP contribution in [0.15, 0.2) is 53.6 Å². The summed E-state index contributed by atoms with van der Waals surface area (Å²) in [4.78, 5) is 3.26. The highest BCUT2D eigenvalue weighted by Gasteiger charge is 2.29. The second-order valence-corrected chi connectivity index (χ2v) is 8.55. The van der Waals surface area contributed by atoms with Crippen LogP contribution in [0.2, 0.25) is 0 Å². The van der Waals surface area contributed by atoms with Crippen LogP contribution in [0, 0.1) is 5.82 Å². The van der Waals surface area contributed by atoms with Crippen LogP contribution < -0.4 is 5.32 Å². The maximum Gasteiger partial charge on any atom is 0.243 e. The van der Waals surface area contributed by atoms with Gasteiger partial charge in [-0.1, -0.05) is 12.1 Å². The average molecular weight is 389 g/mol. The molecule has 1 aliphatic rings. The van der Waals surface area contributed by atoms with Crippen LogP contribution in [0.1, 0.15) is 0 Å². The molecule has 0 unspecified atom stereocenters. The fourth-order valence-corrected chi connectivity index (χ4v) is 4.91. The van der Waals surface area contributed by atoms with Crippen LogP contribution in [0.3, 0.4) is 0 Å². The molecule has 1 saturated heterocycles. The molecule has 142 valence electrons. The number of sulfonamides is 1. The molecule has 2 aromatic carbocycles. The van der Waals surface area contributed by atoms with Crippen molar-refractivity contribution in [3.05, 3.63) is 54.5 Å². The molecular weight excluding hydrogens is 369 g/mol. The van der Waals surface area contributed by atoms with Gasteiger partial charge in [0.05, 0.1) is 11.5 Å². The molecule has 6 nitrogen and oxygen atoms in total. The molecule has 3 aromatic rings. The molecule has 1 fully saturated rings. The number of hydrogen-bond acceptors (Lipinski definition) is 4. The molecule has 27 heavy (non-hydrogen) atoms. The SMILES string of the molecule is O=S(=O)(c1ccc(-c2c[nH]c3cc(F)ccc23)cc1)N1CCN[C@@H](CO)C1. The van der Waals surface area contributed by atoms with Gasteiger partial charge in [-0.05, 0) is 35.9 Å². The number of H-pyrrole nitrogens is 1. The van der Waals surface area contributed by atoms with E-state index < -0.39 is 10.0 Å².